The zero-order valence-corrected chi connectivity index (χ0v) is 14.6. The standard InChI is InChI=1S/C19H30N2O2/c1-14-7-4-5-8-17(14)11-15(2)20-19(23)13-21-10-6-9-18(12-21)16(3)22/h4-5,7-8,15-16,18,22H,6,9-13H2,1-3H3,(H,20,23). The number of nitrogens with one attached hydrogen (secondary N) is 1. The molecule has 1 aliphatic heterocycles. The summed E-state index contributed by atoms with van der Waals surface area (Å²) in [6.07, 6.45) is 2.68. The number of aliphatic hydroxyl groups is 1. The van der Waals surface area contributed by atoms with Gasteiger partial charge >= 0.3 is 0 Å². The average molecular weight is 318 g/mol. The van der Waals surface area contributed by atoms with Crippen LogP contribution in [-0.2, 0) is 11.2 Å². The van der Waals surface area contributed by atoms with Crippen molar-refractivity contribution in [3.8, 4) is 0 Å². The molecule has 1 aromatic rings. The van der Waals surface area contributed by atoms with Gasteiger partial charge < -0.3 is 10.4 Å². The monoisotopic (exact) mass is 318 g/mol. The lowest BCUT2D eigenvalue weighted by molar-refractivity contribution is -0.123. The Kier molecular flexibility index (Phi) is 6.60. The number of piperidine rings is 1. The molecule has 0 aromatic heterocycles. The van der Waals surface area contributed by atoms with Gasteiger partial charge in [-0.1, -0.05) is 24.3 Å². The summed E-state index contributed by atoms with van der Waals surface area (Å²) in [6.45, 7) is 8.20. The number of carbonyl (C=O) groups excluding carboxylic acids is 1. The molecule has 2 rings (SSSR count). The molecule has 1 aromatic carbocycles. The second-order valence-corrected chi connectivity index (χ2v) is 6.98. The van der Waals surface area contributed by atoms with E-state index in [1.807, 2.05) is 19.1 Å². The largest absolute Gasteiger partial charge is 0.393 e. The first-order valence-electron chi connectivity index (χ1n) is 8.70. The van der Waals surface area contributed by atoms with Gasteiger partial charge in [-0.25, -0.2) is 0 Å². The summed E-state index contributed by atoms with van der Waals surface area (Å²) >= 11 is 0. The Morgan fingerprint density at radius 3 is 2.83 bits per heavy atom. The minimum atomic E-state index is -0.291. The Morgan fingerprint density at radius 2 is 2.13 bits per heavy atom. The van der Waals surface area contributed by atoms with E-state index in [4.69, 9.17) is 0 Å². The highest BCUT2D eigenvalue weighted by Gasteiger charge is 2.24. The zero-order chi connectivity index (χ0) is 16.8. The quantitative estimate of drug-likeness (QED) is 0.845. The highest BCUT2D eigenvalue weighted by Crippen LogP contribution is 2.19. The number of carbonyl (C=O) groups is 1. The van der Waals surface area contributed by atoms with E-state index < -0.39 is 0 Å². The molecule has 0 radical (unpaired) electrons. The van der Waals surface area contributed by atoms with Crippen molar-refractivity contribution in [2.24, 2.45) is 5.92 Å². The number of benzene rings is 1. The van der Waals surface area contributed by atoms with Gasteiger partial charge in [0.2, 0.25) is 5.91 Å². The first kappa shape index (κ1) is 18.0. The van der Waals surface area contributed by atoms with Gasteiger partial charge in [-0.15, -0.1) is 0 Å². The molecule has 1 amide bonds. The van der Waals surface area contributed by atoms with Gasteiger partial charge in [0, 0.05) is 12.6 Å². The second kappa shape index (κ2) is 8.46. The van der Waals surface area contributed by atoms with E-state index in [-0.39, 0.29) is 18.1 Å². The summed E-state index contributed by atoms with van der Waals surface area (Å²) in [5, 5.41) is 12.8. The van der Waals surface area contributed by atoms with Gasteiger partial charge in [0.05, 0.1) is 12.6 Å². The number of nitrogens with zero attached hydrogens (tertiary/aromatic N) is 1. The Morgan fingerprint density at radius 1 is 1.39 bits per heavy atom. The fourth-order valence-corrected chi connectivity index (χ4v) is 3.37. The summed E-state index contributed by atoms with van der Waals surface area (Å²) in [4.78, 5) is 14.4. The molecule has 3 unspecified atom stereocenters. The van der Waals surface area contributed by atoms with Gasteiger partial charge in [-0.3, -0.25) is 9.69 Å². The highest BCUT2D eigenvalue weighted by molar-refractivity contribution is 5.78. The molecule has 1 aliphatic rings. The van der Waals surface area contributed by atoms with Crippen LogP contribution in [0, 0.1) is 12.8 Å². The summed E-state index contributed by atoms with van der Waals surface area (Å²) in [6, 6.07) is 8.43. The Balaban J connectivity index is 1.79. The van der Waals surface area contributed by atoms with Crippen LogP contribution in [-0.4, -0.2) is 47.7 Å². The summed E-state index contributed by atoms with van der Waals surface area (Å²) in [5.41, 5.74) is 2.55. The van der Waals surface area contributed by atoms with Gasteiger partial charge in [0.1, 0.15) is 0 Å². The predicted octanol–water partition coefficient (Wildman–Crippen LogP) is 2.14. The van der Waals surface area contributed by atoms with Crippen molar-refractivity contribution in [1.29, 1.82) is 0 Å². The van der Waals surface area contributed by atoms with Crippen LogP contribution in [0.3, 0.4) is 0 Å². The molecule has 3 atom stereocenters. The van der Waals surface area contributed by atoms with Crippen LogP contribution in [0.25, 0.3) is 0 Å². The fourth-order valence-electron chi connectivity index (χ4n) is 3.37. The molecule has 1 fully saturated rings. The minimum absolute atomic E-state index is 0.0809. The third kappa shape index (κ3) is 5.63. The van der Waals surface area contributed by atoms with Gasteiger partial charge in [-0.05, 0) is 63.6 Å². The van der Waals surface area contributed by atoms with E-state index in [1.165, 1.54) is 11.1 Å². The fraction of sp³-hybridized carbons (Fsp3) is 0.632. The van der Waals surface area contributed by atoms with E-state index in [1.54, 1.807) is 0 Å². The molecular formula is C19H30N2O2. The van der Waals surface area contributed by atoms with Crippen molar-refractivity contribution in [3.05, 3.63) is 35.4 Å². The van der Waals surface area contributed by atoms with E-state index in [2.05, 4.69) is 36.2 Å². The lowest BCUT2D eigenvalue weighted by Gasteiger charge is -2.33. The molecule has 128 valence electrons. The van der Waals surface area contributed by atoms with E-state index in [0.29, 0.717) is 12.5 Å². The van der Waals surface area contributed by atoms with Crippen molar-refractivity contribution in [1.82, 2.24) is 10.2 Å². The van der Waals surface area contributed by atoms with E-state index >= 15 is 0 Å². The smallest absolute Gasteiger partial charge is 0.234 e. The first-order valence-corrected chi connectivity index (χ1v) is 8.70. The average Bonchev–Trinajstić information content (AvgIpc) is 2.49. The molecule has 0 saturated carbocycles. The predicted molar refractivity (Wildman–Crippen MR) is 93.3 cm³/mol. The Labute approximate surface area is 139 Å². The van der Waals surface area contributed by atoms with Gasteiger partial charge in [0.15, 0.2) is 0 Å². The zero-order valence-electron chi connectivity index (χ0n) is 14.6. The van der Waals surface area contributed by atoms with Gasteiger partial charge in [0.25, 0.3) is 0 Å². The lowest BCUT2D eigenvalue weighted by atomic mass is 9.93. The molecule has 1 saturated heterocycles. The molecule has 4 heteroatoms. The van der Waals surface area contributed by atoms with Crippen LogP contribution >= 0.6 is 0 Å². The molecule has 0 bridgehead atoms. The number of aryl methyl sites for hydroxylation is 1. The van der Waals surface area contributed by atoms with E-state index in [0.717, 1.165) is 32.4 Å². The molecule has 0 aliphatic carbocycles. The topological polar surface area (TPSA) is 52.6 Å². The maximum absolute atomic E-state index is 12.3. The number of rotatable bonds is 6. The highest BCUT2D eigenvalue weighted by atomic mass is 16.3. The van der Waals surface area contributed by atoms with Crippen molar-refractivity contribution in [2.75, 3.05) is 19.6 Å². The number of hydrogen-bond donors (Lipinski definition) is 2. The number of amides is 1. The summed E-state index contributed by atoms with van der Waals surface area (Å²) < 4.78 is 0. The van der Waals surface area contributed by atoms with Gasteiger partial charge in [-0.2, -0.15) is 0 Å². The van der Waals surface area contributed by atoms with Crippen LogP contribution in [0.1, 0.15) is 37.8 Å². The molecule has 2 N–H and O–H groups in total. The summed E-state index contributed by atoms with van der Waals surface area (Å²) in [7, 11) is 0. The lowest BCUT2D eigenvalue weighted by Crippen LogP contribution is -2.46. The van der Waals surface area contributed by atoms with Crippen LogP contribution in [0.2, 0.25) is 0 Å². The Hall–Kier alpha value is -1.39. The molecular weight excluding hydrogens is 288 g/mol. The minimum Gasteiger partial charge on any atom is -0.393 e. The number of likely N-dealkylation sites (tertiary alicyclic amines) is 1. The maximum atomic E-state index is 12.3. The SMILES string of the molecule is Cc1ccccc1CC(C)NC(=O)CN1CCCC(C(C)O)C1. The second-order valence-electron chi connectivity index (χ2n) is 6.98. The summed E-state index contributed by atoms with van der Waals surface area (Å²) in [5.74, 6) is 0.373. The molecule has 1 heterocycles. The van der Waals surface area contributed by atoms with Crippen LogP contribution < -0.4 is 5.32 Å². The van der Waals surface area contributed by atoms with Crippen molar-refractivity contribution in [3.63, 3.8) is 0 Å². The van der Waals surface area contributed by atoms with Crippen LogP contribution in [0.15, 0.2) is 24.3 Å². The van der Waals surface area contributed by atoms with E-state index in [9.17, 15) is 9.90 Å². The maximum Gasteiger partial charge on any atom is 0.234 e. The van der Waals surface area contributed by atoms with Crippen LogP contribution in [0.4, 0.5) is 0 Å². The third-order valence-corrected chi connectivity index (χ3v) is 4.79. The van der Waals surface area contributed by atoms with Crippen molar-refractivity contribution >= 4 is 5.91 Å². The Bertz CT molecular complexity index is 516. The third-order valence-electron chi connectivity index (χ3n) is 4.79. The number of hydrogen-bond acceptors (Lipinski definition) is 3. The number of aliphatic hydroxyl groups excluding tert-OH is 1. The van der Waals surface area contributed by atoms with Crippen LogP contribution in [0.5, 0.6) is 0 Å². The normalized spacial score (nSPS) is 21.7. The van der Waals surface area contributed by atoms with Crippen molar-refractivity contribution in [2.45, 2.75) is 52.2 Å². The molecule has 23 heavy (non-hydrogen) atoms. The van der Waals surface area contributed by atoms with Crippen molar-refractivity contribution < 1.29 is 9.90 Å². The molecule has 0 spiro atoms. The molecule has 4 nitrogen and oxygen atoms in total. The first-order chi connectivity index (χ1) is 11.0.